The summed E-state index contributed by atoms with van der Waals surface area (Å²) in [5, 5.41) is 2.97. The summed E-state index contributed by atoms with van der Waals surface area (Å²) in [4.78, 5) is 54.2. The lowest BCUT2D eigenvalue weighted by Gasteiger charge is -2.28. The van der Waals surface area contributed by atoms with Gasteiger partial charge in [0.05, 0.1) is 17.8 Å². The SMILES string of the molecule is CC(C)(C)OC(=O)N1CCC[C@H]1CNC(=O)c1ccc(-c2ccc(-c3c[nH]c([C@@H]4CCCN4C(=O)OC(C)(C)C)n3)nc2)cc1. The number of aromatic amines is 1. The Bertz CT molecular complexity index is 1500. The highest BCUT2D eigenvalue weighted by atomic mass is 16.6. The second-order valence-electron chi connectivity index (χ2n) is 13.7. The molecule has 2 N–H and O–H groups in total. The molecule has 2 saturated heterocycles. The van der Waals surface area contributed by atoms with Gasteiger partial charge in [-0.15, -0.1) is 0 Å². The van der Waals surface area contributed by atoms with Crippen molar-refractivity contribution in [2.24, 2.45) is 0 Å². The number of benzene rings is 1. The van der Waals surface area contributed by atoms with Gasteiger partial charge in [0, 0.05) is 43.2 Å². The second-order valence-corrected chi connectivity index (χ2v) is 13.7. The molecular formula is C34H44N6O5. The van der Waals surface area contributed by atoms with Gasteiger partial charge in [-0.2, -0.15) is 0 Å². The van der Waals surface area contributed by atoms with Crippen molar-refractivity contribution in [1.29, 1.82) is 0 Å². The molecule has 3 amide bonds. The van der Waals surface area contributed by atoms with E-state index in [9.17, 15) is 14.4 Å². The maximum atomic E-state index is 12.9. The third-order valence-corrected chi connectivity index (χ3v) is 7.80. The highest BCUT2D eigenvalue weighted by molar-refractivity contribution is 5.94. The number of hydrogen-bond acceptors (Lipinski definition) is 7. The lowest BCUT2D eigenvalue weighted by atomic mass is 10.0. The van der Waals surface area contributed by atoms with Gasteiger partial charge in [-0.3, -0.25) is 14.7 Å². The van der Waals surface area contributed by atoms with Gasteiger partial charge in [-0.25, -0.2) is 14.6 Å². The largest absolute Gasteiger partial charge is 0.444 e. The molecule has 0 unspecified atom stereocenters. The van der Waals surface area contributed by atoms with E-state index in [0.29, 0.717) is 36.6 Å². The van der Waals surface area contributed by atoms with Crippen molar-refractivity contribution in [3.8, 4) is 22.5 Å². The Morgan fingerprint density at radius 2 is 1.47 bits per heavy atom. The molecule has 2 aliphatic heterocycles. The van der Waals surface area contributed by atoms with Crippen LogP contribution in [0.2, 0.25) is 0 Å². The molecule has 5 rings (SSSR count). The van der Waals surface area contributed by atoms with E-state index < -0.39 is 11.2 Å². The third-order valence-electron chi connectivity index (χ3n) is 7.80. The number of carbonyl (C=O) groups is 3. The minimum atomic E-state index is -0.560. The first-order chi connectivity index (χ1) is 21.3. The Hall–Kier alpha value is -4.41. The van der Waals surface area contributed by atoms with Crippen molar-refractivity contribution in [3.63, 3.8) is 0 Å². The molecule has 2 aliphatic rings. The van der Waals surface area contributed by atoms with E-state index in [1.54, 1.807) is 28.1 Å². The average molecular weight is 617 g/mol. The van der Waals surface area contributed by atoms with Crippen molar-refractivity contribution in [1.82, 2.24) is 30.1 Å². The van der Waals surface area contributed by atoms with Gasteiger partial charge in [0.15, 0.2) is 0 Å². The molecule has 0 saturated carbocycles. The number of hydrogen-bond donors (Lipinski definition) is 2. The average Bonchev–Trinajstić information content (AvgIpc) is 3.75. The molecule has 0 radical (unpaired) electrons. The Kier molecular flexibility index (Phi) is 9.18. The first-order valence-corrected chi connectivity index (χ1v) is 15.7. The van der Waals surface area contributed by atoms with Crippen LogP contribution in [0.4, 0.5) is 9.59 Å². The summed E-state index contributed by atoms with van der Waals surface area (Å²) in [6, 6.07) is 11.0. The first-order valence-electron chi connectivity index (χ1n) is 15.7. The van der Waals surface area contributed by atoms with Crippen LogP contribution < -0.4 is 5.32 Å². The zero-order chi connectivity index (χ0) is 32.4. The molecule has 0 aliphatic carbocycles. The van der Waals surface area contributed by atoms with E-state index >= 15 is 0 Å². The van der Waals surface area contributed by atoms with Crippen LogP contribution in [-0.2, 0) is 9.47 Å². The number of H-pyrrole nitrogens is 1. The quantitative estimate of drug-likeness (QED) is 0.331. The van der Waals surface area contributed by atoms with Gasteiger partial charge in [0.25, 0.3) is 5.91 Å². The molecule has 2 fully saturated rings. The van der Waals surface area contributed by atoms with Crippen molar-refractivity contribution < 1.29 is 23.9 Å². The Morgan fingerprint density at radius 1 is 0.844 bits per heavy atom. The summed E-state index contributed by atoms with van der Waals surface area (Å²) in [7, 11) is 0. The lowest BCUT2D eigenvalue weighted by molar-refractivity contribution is 0.0211. The van der Waals surface area contributed by atoms with E-state index in [2.05, 4.69) is 15.3 Å². The van der Waals surface area contributed by atoms with Crippen molar-refractivity contribution >= 4 is 18.1 Å². The topological polar surface area (TPSA) is 130 Å². The number of rotatable bonds is 6. The number of pyridine rings is 1. The maximum absolute atomic E-state index is 12.9. The van der Waals surface area contributed by atoms with Crippen molar-refractivity contribution in [3.05, 3.63) is 60.2 Å². The number of nitrogens with one attached hydrogen (secondary N) is 2. The van der Waals surface area contributed by atoms with E-state index in [1.807, 2.05) is 72.0 Å². The Morgan fingerprint density at radius 3 is 2.11 bits per heavy atom. The Balaban J connectivity index is 1.17. The summed E-state index contributed by atoms with van der Waals surface area (Å²) >= 11 is 0. The van der Waals surface area contributed by atoms with Gasteiger partial charge in [0.1, 0.15) is 22.7 Å². The molecule has 2 atom stereocenters. The predicted molar refractivity (Wildman–Crippen MR) is 170 cm³/mol. The zero-order valence-corrected chi connectivity index (χ0v) is 27.1. The van der Waals surface area contributed by atoms with E-state index in [4.69, 9.17) is 14.5 Å². The Labute approximate surface area is 264 Å². The molecule has 11 heteroatoms. The van der Waals surface area contributed by atoms with Gasteiger partial charge in [-0.05, 0) is 91.0 Å². The van der Waals surface area contributed by atoms with Gasteiger partial charge < -0.3 is 24.7 Å². The van der Waals surface area contributed by atoms with Crippen LogP contribution in [0.5, 0.6) is 0 Å². The molecule has 0 spiro atoms. The lowest BCUT2D eigenvalue weighted by Crippen LogP contribution is -2.45. The molecule has 240 valence electrons. The van der Waals surface area contributed by atoms with Crippen LogP contribution in [0.15, 0.2) is 48.8 Å². The first kappa shape index (κ1) is 32.0. The number of nitrogens with zero attached hydrogens (tertiary/aromatic N) is 4. The molecule has 4 heterocycles. The van der Waals surface area contributed by atoms with Crippen LogP contribution in [0.25, 0.3) is 22.5 Å². The van der Waals surface area contributed by atoms with Gasteiger partial charge >= 0.3 is 12.2 Å². The fourth-order valence-electron chi connectivity index (χ4n) is 5.68. The van der Waals surface area contributed by atoms with E-state index in [-0.39, 0.29) is 30.2 Å². The highest BCUT2D eigenvalue weighted by Gasteiger charge is 2.35. The van der Waals surface area contributed by atoms with Crippen molar-refractivity contribution in [2.45, 2.75) is 90.5 Å². The summed E-state index contributed by atoms with van der Waals surface area (Å²) in [6.07, 6.45) is 6.35. The zero-order valence-electron chi connectivity index (χ0n) is 27.1. The molecule has 1 aromatic carbocycles. The molecule has 0 bridgehead atoms. The predicted octanol–water partition coefficient (Wildman–Crippen LogP) is 6.34. The number of likely N-dealkylation sites (tertiary alicyclic amines) is 2. The smallest absolute Gasteiger partial charge is 0.410 e. The van der Waals surface area contributed by atoms with E-state index in [1.165, 1.54) is 0 Å². The monoisotopic (exact) mass is 616 g/mol. The summed E-state index contributed by atoms with van der Waals surface area (Å²) < 4.78 is 11.1. The van der Waals surface area contributed by atoms with Gasteiger partial charge in [0.2, 0.25) is 0 Å². The maximum Gasteiger partial charge on any atom is 0.410 e. The minimum absolute atomic E-state index is 0.0830. The highest BCUT2D eigenvalue weighted by Crippen LogP contribution is 2.33. The summed E-state index contributed by atoms with van der Waals surface area (Å²) in [5.74, 6) is 0.534. The van der Waals surface area contributed by atoms with Crippen LogP contribution in [0.1, 0.15) is 89.4 Å². The number of aromatic nitrogens is 3. The summed E-state index contributed by atoms with van der Waals surface area (Å²) in [5.41, 5.74) is 2.68. The normalized spacial score (nSPS) is 18.6. The molecule has 2 aromatic heterocycles. The van der Waals surface area contributed by atoms with Gasteiger partial charge in [-0.1, -0.05) is 18.2 Å². The second kappa shape index (κ2) is 12.9. The van der Waals surface area contributed by atoms with Crippen LogP contribution in [0, 0.1) is 0 Å². The van der Waals surface area contributed by atoms with Crippen LogP contribution in [-0.4, -0.2) is 79.7 Å². The number of ether oxygens (including phenoxy) is 2. The van der Waals surface area contributed by atoms with Crippen molar-refractivity contribution in [2.75, 3.05) is 19.6 Å². The third kappa shape index (κ3) is 8.01. The summed E-state index contributed by atoms with van der Waals surface area (Å²) in [6.45, 7) is 12.8. The fourth-order valence-corrected chi connectivity index (χ4v) is 5.68. The van der Waals surface area contributed by atoms with E-state index in [0.717, 1.165) is 42.6 Å². The minimum Gasteiger partial charge on any atom is -0.444 e. The molecule has 11 nitrogen and oxygen atoms in total. The number of amides is 3. The number of imidazole rings is 1. The molecular weight excluding hydrogens is 572 g/mol. The number of carbonyl (C=O) groups excluding carboxylic acids is 3. The molecule has 3 aromatic rings. The standard InChI is InChI=1S/C34H44N6O5/c1-33(2,3)44-31(42)39-17-7-9-25(39)20-37-30(41)23-13-11-22(12-14-23)24-15-16-26(35-19-24)27-21-36-29(38-27)28-10-8-18-40(28)32(43)45-34(4,5)6/h11-16,19,21,25,28H,7-10,17-18,20H2,1-6H3,(H,36,38)(H,37,41)/t25-,28-/m0/s1. The van der Waals surface area contributed by atoms with Crippen LogP contribution in [0.3, 0.4) is 0 Å². The fraction of sp³-hybridized carbons (Fsp3) is 0.500. The molecule has 45 heavy (non-hydrogen) atoms. The van der Waals surface area contributed by atoms with Crippen LogP contribution >= 0.6 is 0 Å².